The third-order valence-corrected chi connectivity index (χ3v) is 4.54. The molecule has 2 aromatic rings. The van der Waals surface area contributed by atoms with E-state index >= 15 is 0 Å². The lowest BCUT2D eigenvalue weighted by molar-refractivity contribution is 0.0696. The fourth-order valence-corrected chi connectivity index (χ4v) is 3.43. The van der Waals surface area contributed by atoms with Crippen molar-refractivity contribution in [3.05, 3.63) is 41.6 Å². The van der Waals surface area contributed by atoms with Gasteiger partial charge in [0.15, 0.2) is 5.82 Å². The summed E-state index contributed by atoms with van der Waals surface area (Å²) in [5, 5.41) is 13.0. The summed E-state index contributed by atoms with van der Waals surface area (Å²) < 4.78 is 28.9. The van der Waals surface area contributed by atoms with Crippen molar-refractivity contribution >= 4 is 21.8 Å². The van der Waals surface area contributed by atoms with Crippen LogP contribution in [0.1, 0.15) is 35.7 Å². The maximum Gasteiger partial charge on any atom is 0.335 e. The van der Waals surface area contributed by atoms with Gasteiger partial charge in [0.05, 0.1) is 10.5 Å². The van der Waals surface area contributed by atoms with Gasteiger partial charge in [-0.05, 0) is 23.6 Å². The molecule has 0 saturated carbocycles. The second kappa shape index (κ2) is 5.80. The molecule has 1 heterocycles. The Morgan fingerprint density at radius 2 is 2.00 bits per heavy atom. The summed E-state index contributed by atoms with van der Waals surface area (Å²) in [6, 6.07) is 5.62. The Bertz CT molecular complexity index is 809. The molecule has 0 radical (unpaired) electrons. The minimum atomic E-state index is -3.92. The average Bonchev–Trinajstić information content (AvgIpc) is 2.82. The molecule has 0 spiro atoms. The molecule has 0 amide bonds. The van der Waals surface area contributed by atoms with Crippen molar-refractivity contribution in [2.75, 3.05) is 4.72 Å². The molecule has 0 aliphatic heterocycles. The van der Waals surface area contributed by atoms with Gasteiger partial charge in [-0.1, -0.05) is 19.9 Å². The van der Waals surface area contributed by atoms with Gasteiger partial charge < -0.3 is 5.11 Å². The fraction of sp³-hybridized carbons (Fsp3) is 0.286. The number of hydrogen-bond acceptors (Lipinski definition) is 4. The lowest BCUT2D eigenvalue weighted by Gasteiger charge is -2.14. The van der Waals surface area contributed by atoms with Gasteiger partial charge in [0.25, 0.3) is 10.0 Å². The van der Waals surface area contributed by atoms with E-state index in [1.807, 2.05) is 13.8 Å². The summed E-state index contributed by atoms with van der Waals surface area (Å²) in [6.45, 7) is 3.69. The fourth-order valence-electron chi connectivity index (χ4n) is 2.04. The quantitative estimate of drug-likeness (QED) is 0.877. The predicted molar refractivity (Wildman–Crippen MR) is 81.5 cm³/mol. The van der Waals surface area contributed by atoms with Crippen LogP contribution in [0.15, 0.2) is 35.4 Å². The Morgan fingerprint density at radius 1 is 1.32 bits per heavy atom. The molecule has 2 N–H and O–H groups in total. The van der Waals surface area contributed by atoms with Crippen LogP contribution in [0, 0.1) is 0 Å². The van der Waals surface area contributed by atoms with E-state index < -0.39 is 16.0 Å². The maximum absolute atomic E-state index is 12.6. The van der Waals surface area contributed by atoms with Crippen LogP contribution in [-0.4, -0.2) is 29.3 Å². The zero-order chi connectivity index (χ0) is 16.5. The van der Waals surface area contributed by atoms with E-state index in [9.17, 15) is 13.2 Å². The van der Waals surface area contributed by atoms with E-state index in [-0.39, 0.29) is 22.2 Å². The zero-order valence-electron chi connectivity index (χ0n) is 12.4. The normalized spacial score (nSPS) is 11.6. The number of anilines is 1. The number of carbonyl (C=O) groups is 1. The van der Waals surface area contributed by atoms with Crippen LogP contribution in [0.4, 0.5) is 5.82 Å². The monoisotopic (exact) mass is 323 g/mol. The summed E-state index contributed by atoms with van der Waals surface area (Å²) >= 11 is 0. The number of aromatic nitrogens is 2. The SMILES string of the molecule is CC(C)c1ccc(C(=O)O)cc1S(=O)(=O)Nc1ccn(C)n1. The van der Waals surface area contributed by atoms with Gasteiger partial charge in [0.1, 0.15) is 0 Å². The Hall–Kier alpha value is -2.35. The van der Waals surface area contributed by atoms with Crippen molar-refractivity contribution in [1.29, 1.82) is 0 Å². The molecule has 1 aromatic heterocycles. The van der Waals surface area contributed by atoms with Crippen molar-refractivity contribution in [2.45, 2.75) is 24.7 Å². The smallest absolute Gasteiger partial charge is 0.335 e. The van der Waals surface area contributed by atoms with Gasteiger partial charge in [0.2, 0.25) is 0 Å². The number of nitrogens with one attached hydrogen (secondary N) is 1. The van der Waals surface area contributed by atoms with Gasteiger partial charge in [-0.25, -0.2) is 13.2 Å². The van der Waals surface area contributed by atoms with Gasteiger partial charge in [-0.3, -0.25) is 9.40 Å². The van der Waals surface area contributed by atoms with Crippen LogP contribution in [-0.2, 0) is 17.1 Å². The van der Waals surface area contributed by atoms with Crippen molar-refractivity contribution in [1.82, 2.24) is 9.78 Å². The van der Waals surface area contributed by atoms with Gasteiger partial charge in [0, 0.05) is 19.3 Å². The van der Waals surface area contributed by atoms with Gasteiger partial charge >= 0.3 is 5.97 Å². The van der Waals surface area contributed by atoms with E-state index in [0.717, 1.165) is 0 Å². The van der Waals surface area contributed by atoms with Gasteiger partial charge in [-0.2, -0.15) is 5.10 Å². The standard InChI is InChI=1S/C14H17N3O4S/c1-9(2)11-5-4-10(14(18)19)8-12(11)22(20,21)16-13-6-7-17(3)15-13/h4-9H,1-3H3,(H,15,16)(H,18,19). The molecule has 0 saturated heterocycles. The Kier molecular flexibility index (Phi) is 4.23. The molecule has 0 aliphatic rings. The van der Waals surface area contributed by atoms with E-state index in [1.165, 1.54) is 28.9 Å². The maximum atomic E-state index is 12.6. The molecule has 0 bridgehead atoms. The molecular weight excluding hydrogens is 306 g/mol. The minimum Gasteiger partial charge on any atom is -0.478 e. The van der Waals surface area contributed by atoms with Crippen LogP contribution in [0.25, 0.3) is 0 Å². The lowest BCUT2D eigenvalue weighted by Crippen LogP contribution is -2.17. The summed E-state index contributed by atoms with van der Waals surface area (Å²) in [5.41, 5.74) is 0.472. The van der Waals surface area contributed by atoms with Crippen LogP contribution in [0.5, 0.6) is 0 Å². The molecule has 7 nitrogen and oxygen atoms in total. The van der Waals surface area contributed by atoms with Crippen LogP contribution >= 0.6 is 0 Å². The summed E-state index contributed by atoms with van der Waals surface area (Å²) in [5.74, 6) is -1.07. The molecule has 22 heavy (non-hydrogen) atoms. The van der Waals surface area contributed by atoms with Crippen LogP contribution < -0.4 is 4.72 Å². The molecule has 2 rings (SSSR count). The van der Waals surface area contributed by atoms with Crippen molar-refractivity contribution in [2.24, 2.45) is 7.05 Å². The number of carboxylic acid groups (broad SMARTS) is 1. The third kappa shape index (κ3) is 3.28. The number of aromatic carboxylic acids is 1. The predicted octanol–water partition coefficient (Wildman–Crippen LogP) is 2.04. The number of aryl methyl sites for hydroxylation is 1. The van der Waals surface area contributed by atoms with E-state index in [2.05, 4.69) is 9.82 Å². The number of rotatable bonds is 5. The first-order chi connectivity index (χ1) is 10.2. The van der Waals surface area contributed by atoms with E-state index in [4.69, 9.17) is 5.11 Å². The topological polar surface area (TPSA) is 101 Å². The first kappa shape index (κ1) is 16.0. The first-order valence-corrected chi connectivity index (χ1v) is 8.08. The molecule has 0 aliphatic carbocycles. The van der Waals surface area contributed by atoms with E-state index in [1.54, 1.807) is 13.2 Å². The highest BCUT2D eigenvalue weighted by atomic mass is 32.2. The Balaban J connectivity index is 2.52. The number of hydrogen-bond donors (Lipinski definition) is 2. The Morgan fingerprint density at radius 3 is 2.50 bits per heavy atom. The number of carboxylic acids is 1. The van der Waals surface area contributed by atoms with E-state index in [0.29, 0.717) is 5.56 Å². The molecule has 1 aromatic carbocycles. The number of sulfonamides is 1. The summed E-state index contributed by atoms with van der Waals surface area (Å²) in [6.07, 6.45) is 1.61. The molecular formula is C14H17N3O4S. The van der Waals surface area contributed by atoms with Crippen LogP contribution in [0.3, 0.4) is 0 Å². The number of benzene rings is 1. The van der Waals surface area contributed by atoms with Crippen molar-refractivity contribution in [3.8, 4) is 0 Å². The number of nitrogens with zero attached hydrogens (tertiary/aromatic N) is 2. The summed E-state index contributed by atoms with van der Waals surface area (Å²) in [7, 11) is -2.25. The summed E-state index contributed by atoms with van der Waals surface area (Å²) in [4.78, 5) is 11.0. The Labute approximate surface area is 128 Å². The molecule has 0 fully saturated rings. The lowest BCUT2D eigenvalue weighted by atomic mass is 10.0. The second-order valence-electron chi connectivity index (χ2n) is 5.19. The minimum absolute atomic E-state index is 0.0481. The average molecular weight is 323 g/mol. The first-order valence-electron chi connectivity index (χ1n) is 6.60. The zero-order valence-corrected chi connectivity index (χ0v) is 13.3. The largest absolute Gasteiger partial charge is 0.478 e. The molecule has 8 heteroatoms. The van der Waals surface area contributed by atoms with Crippen LogP contribution in [0.2, 0.25) is 0 Å². The molecule has 118 valence electrons. The van der Waals surface area contributed by atoms with Gasteiger partial charge in [-0.15, -0.1) is 0 Å². The second-order valence-corrected chi connectivity index (χ2v) is 6.84. The third-order valence-electron chi connectivity index (χ3n) is 3.12. The highest BCUT2D eigenvalue weighted by Gasteiger charge is 2.23. The highest BCUT2D eigenvalue weighted by Crippen LogP contribution is 2.26. The van der Waals surface area contributed by atoms with Crippen molar-refractivity contribution < 1.29 is 18.3 Å². The molecule has 0 atom stereocenters. The molecule has 0 unspecified atom stereocenters. The highest BCUT2D eigenvalue weighted by molar-refractivity contribution is 7.92. The van der Waals surface area contributed by atoms with Crippen molar-refractivity contribution in [3.63, 3.8) is 0 Å².